The molecule has 1 atom stereocenters. The largest absolute Gasteiger partial charge is 0.0911 e. The molecule has 0 N–H and O–H groups in total. The van der Waals surface area contributed by atoms with Crippen molar-refractivity contribution >= 4 is 11.1 Å². The Labute approximate surface area is 226 Å². The van der Waals surface area contributed by atoms with E-state index >= 15 is 0 Å². The van der Waals surface area contributed by atoms with Gasteiger partial charge in [-0.1, -0.05) is 152 Å². The van der Waals surface area contributed by atoms with E-state index in [2.05, 4.69) is 146 Å². The fourth-order valence-corrected chi connectivity index (χ4v) is 5.57. The third-order valence-corrected chi connectivity index (χ3v) is 7.72. The normalized spacial score (nSPS) is 18.4. The summed E-state index contributed by atoms with van der Waals surface area (Å²) in [6.45, 7) is 4.27. The zero-order valence-corrected chi connectivity index (χ0v) is 21.7. The van der Waals surface area contributed by atoms with Gasteiger partial charge in [-0.2, -0.15) is 0 Å². The summed E-state index contributed by atoms with van der Waals surface area (Å²) in [6, 6.07) is 37.5. The van der Waals surface area contributed by atoms with Crippen molar-refractivity contribution in [3.8, 4) is 11.1 Å². The number of hydrogen-bond acceptors (Lipinski definition) is 0. The highest BCUT2D eigenvalue weighted by molar-refractivity contribution is 5.76. The number of benzene rings is 4. The van der Waals surface area contributed by atoms with Crippen LogP contribution in [0.4, 0.5) is 0 Å². The molecule has 0 radical (unpaired) electrons. The Morgan fingerprint density at radius 2 is 1.34 bits per heavy atom. The molecular weight excluding hydrogens is 456 g/mol. The topological polar surface area (TPSA) is 0 Å². The lowest BCUT2D eigenvalue weighted by molar-refractivity contribution is 0.923. The van der Waals surface area contributed by atoms with Gasteiger partial charge >= 0.3 is 0 Å². The van der Waals surface area contributed by atoms with Crippen molar-refractivity contribution in [3.63, 3.8) is 0 Å². The van der Waals surface area contributed by atoms with Gasteiger partial charge in [0.1, 0.15) is 0 Å². The van der Waals surface area contributed by atoms with E-state index in [1.54, 1.807) is 0 Å². The van der Waals surface area contributed by atoms with Crippen molar-refractivity contribution in [2.45, 2.75) is 25.2 Å². The highest BCUT2D eigenvalue weighted by Crippen LogP contribution is 2.35. The fraction of sp³-hybridized carbons (Fsp3) is 0.105. The zero-order chi connectivity index (χ0) is 25.7. The summed E-state index contributed by atoms with van der Waals surface area (Å²) in [6.07, 6.45) is 16.5. The van der Waals surface area contributed by atoms with Gasteiger partial charge in [-0.3, -0.25) is 0 Å². The van der Waals surface area contributed by atoms with Gasteiger partial charge in [-0.05, 0) is 69.4 Å². The molecule has 4 aromatic rings. The predicted octanol–water partition coefficient (Wildman–Crippen LogP) is 9.97. The molecule has 4 aromatic carbocycles. The summed E-state index contributed by atoms with van der Waals surface area (Å²) in [4.78, 5) is 0. The Bertz CT molecular complexity index is 1560. The van der Waals surface area contributed by atoms with Crippen LogP contribution in [0.25, 0.3) is 22.3 Å². The molecular formula is C38H32. The van der Waals surface area contributed by atoms with Crippen LogP contribution in [0.5, 0.6) is 0 Å². The summed E-state index contributed by atoms with van der Waals surface area (Å²) in [5, 5.41) is 0. The minimum absolute atomic E-state index is 0.213. The smallest absolute Gasteiger partial charge is 0.0278 e. The molecule has 0 bridgehead atoms. The second kappa shape index (κ2) is 10.9. The Morgan fingerprint density at radius 1 is 0.632 bits per heavy atom. The SMILES string of the molecule is C=C1/C=C\C=C/C(c2ccc(-c3ccc(CC4=CC=C(c5ccccc5)CC4)cc3)cc2)c2ccccc21. The van der Waals surface area contributed by atoms with Crippen molar-refractivity contribution in [2.75, 3.05) is 0 Å². The highest BCUT2D eigenvalue weighted by atomic mass is 14.2. The minimum Gasteiger partial charge on any atom is -0.0911 e. The number of allylic oxidation sites excluding steroid dienone is 9. The molecule has 38 heavy (non-hydrogen) atoms. The van der Waals surface area contributed by atoms with E-state index < -0.39 is 0 Å². The highest BCUT2D eigenvalue weighted by Gasteiger charge is 2.17. The van der Waals surface area contributed by atoms with Crippen LogP contribution in [-0.4, -0.2) is 0 Å². The quantitative estimate of drug-likeness (QED) is 0.262. The van der Waals surface area contributed by atoms with Crippen molar-refractivity contribution in [2.24, 2.45) is 0 Å². The molecule has 0 fully saturated rings. The molecule has 0 nitrogen and oxygen atoms in total. The van der Waals surface area contributed by atoms with E-state index in [0.29, 0.717) is 0 Å². The van der Waals surface area contributed by atoms with E-state index in [1.165, 1.54) is 50.1 Å². The van der Waals surface area contributed by atoms with E-state index in [1.807, 2.05) is 0 Å². The maximum absolute atomic E-state index is 4.27. The van der Waals surface area contributed by atoms with Crippen molar-refractivity contribution in [3.05, 3.63) is 180 Å². The first-order chi connectivity index (χ1) is 18.7. The molecule has 0 aliphatic heterocycles. The number of rotatable bonds is 5. The summed E-state index contributed by atoms with van der Waals surface area (Å²) in [7, 11) is 0. The molecule has 0 saturated heterocycles. The van der Waals surface area contributed by atoms with E-state index in [0.717, 1.165) is 24.8 Å². The second-order valence-electron chi connectivity index (χ2n) is 10.2. The van der Waals surface area contributed by atoms with Gasteiger partial charge in [0.2, 0.25) is 0 Å². The monoisotopic (exact) mass is 488 g/mol. The molecule has 0 aromatic heterocycles. The first kappa shape index (κ1) is 23.9. The lowest BCUT2D eigenvalue weighted by Gasteiger charge is -2.20. The fourth-order valence-electron chi connectivity index (χ4n) is 5.57. The third kappa shape index (κ3) is 5.17. The Hall–Kier alpha value is -4.42. The summed E-state index contributed by atoms with van der Waals surface area (Å²) in [5.41, 5.74) is 13.0. The van der Waals surface area contributed by atoms with Gasteiger partial charge in [-0.25, -0.2) is 0 Å². The molecule has 0 heterocycles. The number of fused-ring (bicyclic) bond motifs is 1. The number of hydrogen-bond donors (Lipinski definition) is 0. The van der Waals surface area contributed by atoms with Gasteiger partial charge in [0, 0.05) is 5.92 Å². The maximum atomic E-state index is 4.27. The zero-order valence-electron chi connectivity index (χ0n) is 21.7. The third-order valence-electron chi connectivity index (χ3n) is 7.72. The molecule has 0 heteroatoms. The molecule has 184 valence electrons. The Morgan fingerprint density at radius 3 is 2.08 bits per heavy atom. The van der Waals surface area contributed by atoms with E-state index in [4.69, 9.17) is 0 Å². The Kier molecular flexibility index (Phi) is 6.87. The molecule has 1 unspecified atom stereocenters. The molecule has 6 rings (SSSR count). The predicted molar refractivity (Wildman–Crippen MR) is 163 cm³/mol. The van der Waals surface area contributed by atoms with Crippen molar-refractivity contribution in [1.82, 2.24) is 0 Å². The Balaban J connectivity index is 1.17. The average molecular weight is 489 g/mol. The molecule has 2 aliphatic carbocycles. The van der Waals surface area contributed by atoms with Crippen molar-refractivity contribution in [1.29, 1.82) is 0 Å². The van der Waals surface area contributed by atoms with Crippen LogP contribution in [0.1, 0.15) is 46.6 Å². The summed E-state index contributed by atoms with van der Waals surface area (Å²) >= 11 is 0. The lowest BCUT2D eigenvalue weighted by Crippen LogP contribution is -2.02. The first-order valence-electron chi connectivity index (χ1n) is 13.5. The van der Waals surface area contributed by atoms with Crippen molar-refractivity contribution < 1.29 is 0 Å². The van der Waals surface area contributed by atoms with Crippen LogP contribution in [0.3, 0.4) is 0 Å². The van der Waals surface area contributed by atoms with E-state index in [-0.39, 0.29) is 5.92 Å². The molecule has 0 saturated carbocycles. The summed E-state index contributed by atoms with van der Waals surface area (Å²) in [5.74, 6) is 0.213. The van der Waals surface area contributed by atoms with Crippen LogP contribution in [0, 0.1) is 0 Å². The molecule has 0 amide bonds. The second-order valence-corrected chi connectivity index (χ2v) is 10.2. The molecule has 0 spiro atoms. The summed E-state index contributed by atoms with van der Waals surface area (Å²) < 4.78 is 0. The maximum Gasteiger partial charge on any atom is 0.0278 e. The minimum atomic E-state index is 0.213. The van der Waals surface area contributed by atoms with Crippen LogP contribution in [-0.2, 0) is 6.42 Å². The van der Waals surface area contributed by atoms with Crippen LogP contribution in [0.2, 0.25) is 0 Å². The lowest BCUT2D eigenvalue weighted by atomic mass is 9.84. The van der Waals surface area contributed by atoms with Gasteiger partial charge in [0.05, 0.1) is 0 Å². The van der Waals surface area contributed by atoms with Gasteiger partial charge in [-0.15, -0.1) is 0 Å². The van der Waals surface area contributed by atoms with E-state index in [9.17, 15) is 0 Å². The van der Waals surface area contributed by atoms with Gasteiger partial charge in [0.25, 0.3) is 0 Å². The van der Waals surface area contributed by atoms with Gasteiger partial charge < -0.3 is 0 Å². The van der Waals surface area contributed by atoms with Crippen LogP contribution < -0.4 is 0 Å². The molecule has 2 aliphatic rings. The van der Waals surface area contributed by atoms with Crippen LogP contribution >= 0.6 is 0 Å². The standard InChI is InChI=1S/C38H32/c1-28-9-5-6-13-37(38-14-8-7-12-36(28)38)35-25-23-34(24-26-35)33-21-17-30(18-22-33)27-29-15-19-32(20-16-29)31-10-3-2-4-11-31/h2-15,17-19,21-26,37H,1,16,20,27H2/b9-5-,13-6-. The first-order valence-corrected chi connectivity index (χ1v) is 13.5. The van der Waals surface area contributed by atoms with Gasteiger partial charge in [0.15, 0.2) is 0 Å². The van der Waals surface area contributed by atoms with Crippen LogP contribution in [0.15, 0.2) is 152 Å². The average Bonchev–Trinajstić information content (AvgIpc) is 2.98.